The zero-order chi connectivity index (χ0) is 18.9. The van der Waals surface area contributed by atoms with Gasteiger partial charge in [-0.3, -0.25) is 14.4 Å². The molecule has 5 nitrogen and oxygen atoms in total. The number of carbonyl (C=O) groups excluding carboxylic acids is 3. The molecule has 0 spiro atoms. The first-order chi connectivity index (χ1) is 12.5. The minimum Gasteiger partial charge on any atom is -0.453 e. The number of esters is 1. The molecule has 1 atom stereocenters. The molecule has 0 aromatic heterocycles. The summed E-state index contributed by atoms with van der Waals surface area (Å²) in [6.45, 7) is 3.88. The molecule has 5 heteroatoms. The van der Waals surface area contributed by atoms with Crippen LogP contribution in [0.25, 0.3) is 0 Å². The van der Waals surface area contributed by atoms with Gasteiger partial charge < -0.3 is 10.1 Å². The molecule has 0 heterocycles. The number of ketones is 1. The predicted molar refractivity (Wildman–Crippen MR) is 98.6 cm³/mol. The molecule has 0 aliphatic carbocycles. The van der Waals surface area contributed by atoms with Crippen LogP contribution in [0.3, 0.4) is 0 Å². The molecule has 0 fully saturated rings. The minimum absolute atomic E-state index is 0.0523. The van der Waals surface area contributed by atoms with Crippen LogP contribution in [0.1, 0.15) is 41.3 Å². The van der Waals surface area contributed by atoms with E-state index in [2.05, 4.69) is 5.32 Å². The van der Waals surface area contributed by atoms with E-state index >= 15 is 0 Å². The van der Waals surface area contributed by atoms with Gasteiger partial charge in [-0.05, 0) is 19.4 Å². The maximum atomic E-state index is 12.0. The van der Waals surface area contributed by atoms with Gasteiger partial charge in [0.05, 0.1) is 6.42 Å². The van der Waals surface area contributed by atoms with Crippen molar-refractivity contribution >= 4 is 17.7 Å². The number of benzene rings is 2. The number of amides is 1. The zero-order valence-electron chi connectivity index (χ0n) is 15.0. The first-order valence-electron chi connectivity index (χ1n) is 8.56. The van der Waals surface area contributed by atoms with E-state index in [0.717, 1.165) is 11.1 Å². The SMILES string of the molecule is Cc1ccc(CNC(=O)[C@H](C)OC(=O)CCC(=O)c2ccccc2)cc1. The highest BCUT2D eigenvalue weighted by atomic mass is 16.5. The van der Waals surface area contributed by atoms with Crippen molar-refractivity contribution in [1.82, 2.24) is 5.32 Å². The third-order valence-corrected chi connectivity index (χ3v) is 3.92. The highest BCUT2D eigenvalue weighted by molar-refractivity contribution is 5.97. The Hall–Kier alpha value is -2.95. The lowest BCUT2D eigenvalue weighted by Crippen LogP contribution is -2.35. The number of Topliss-reactive ketones (excluding diaryl/α,β-unsaturated/α-hetero) is 1. The van der Waals surface area contributed by atoms with Gasteiger partial charge in [-0.2, -0.15) is 0 Å². The van der Waals surface area contributed by atoms with Crippen LogP contribution < -0.4 is 5.32 Å². The normalized spacial score (nSPS) is 11.5. The van der Waals surface area contributed by atoms with Crippen molar-refractivity contribution in [1.29, 1.82) is 0 Å². The summed E-state index contributed by atoms with van der Waals surface area (Å²) in [5, 5.41) is 2.73. The molecule has 0 bridgehead atoms. The molecular formula is C21H23NO4. The van der Waals surface area contributed by atoms with Gasteiger partial charge in [0.25, 0.3) is 5.91 Å². The Morgan fingerprint density at radius 2 is 1.62 bits per heavy atom. The van der Waals surface area contributed by atoms with Crippen molar-refractivity contribution in [3.05, 3.63) is 71.3 Å². The molecular weight excluding hydrogens is 330 g/mol. The number of hydrogen-bond acceptors (Lipinski definition) is 4. The molecule has 26 heavy (non-hydrogen) atoms. The molecule has 2 aromatic rings. The van der Waals surface area contributed by atoms with E-state index in [1.165, 1.54) is 6.92 Å². The fourth-order valence-electron chi connectivity index (χ4n) is 2.33. The Labute approximate surface area is 153 Å². The Kier molecular flexibility index (Phi) is 7.09. The van der Waals surface area contributed by atoms with Crippen LogP contribution in [0, 0.1) is 6.92 Å². The molecule has 0 saturated heterocycles. The van der Waals surface area contributed by atoms with Crippen LogP contribution >= 0.6 is 0 Å². The zero-order valence-corrected chi connectivity index (χ0v) is 15.0. The van der Waals surface area contributed by atoms with E-state index in [1.54, 1.807) is 24.3 Å². The summed E-state index contributed by atoms with van der Waals surface area (Å²) in [6.07, 6.45) is -0.899. The molecule has 0 radical (unpaired) electrons. The van der Waals surface area contributed by atoms with Crippen LogP contribution in [0.5, 0.6) is 0 Å². The number of carbonyl (C=O) groups is 3. The number of ether oxygens (including phenoxy) is 1. The summed E-state index contributed by atoms with van der Waals surface area (Å²) < 4.78 is 5.10. The summed E-state index contributed by atoms with van der Waals surface area (Å²) in [5.41, 5.74) is 2.67. The van der Waals surface area contributed by atoms with Crippen LogP contribution in [0.4, 0.5) is 0 Å². The van der Waals surface area contributed by atoms with Crippen molar-refractivity contribution in [3.63, 3.8) is 0 Å². The Balaban J connectivity index is 1.72. The minimum atomic E-state index is -0.903. The van der Waals surface area contributed by atoms with Crippen molar-refractivity contribution < 1.29 is 19.1 Å². The molecule has 136 valence electrons. The highest BCUT2D eigenvalue weighted by Gasteiger charge is 2.18. The van der Waals surface area contributed by atoms with E-state index in [0.29, 0.717) is 12.1 Å². The van der Waals surface area contributed by atoms with E-state index in [1.807, 2.05) is 37.3 Å². The first kappa shape index (κ1) is 19.4. The third kappa shape index (κ3) is 6.16. The lowest BCUT2D eigenvalue weighted by atomic mass is 10.1. The second kappa shape index (κ2) is 9.51. The topological polar surface area (TPSA) is 72.5 Å². The van der Waals surface area contributed by atoms with Crippen molar-refractivity contribution in [3.8, 4) is 0 Å². The summed E-state index contributed by atoms with van der Waals surface area (Å²) in [6, 6.07) is 16.6. The van der Waals surface area contributed by atoms with Crippen molar-refractivity contribution in [2.24, 2.45) is 0 Å². The van der Waals surface area contributed by atoms with Gasteiger partial charge in [0.1, 0.15) is 0 Å². The second-order valence-electron chi connectivity index (χ2n) is 6.12. The maximum Gasteiger partial charge on any atom is 0.307 e. The molecule has 0 saturated carbocycles. The molecule has 2 aromatic carbocycles. The number of nitrogens with one attached hydrogen (secondary N) is 1. The van der Waals surface area contributed by atoms with Crippen LogP contribution in [-0.4, -0.2) is 23.8 Å². The summed E-state index contributed by atoms with van der Waals surface area (Å²) in [7, 11) is 0. The van der Waals surface area contributed by atoms with Crippen molar-refractivity contribution in [2.75, 3.05) is 0 Å². The van der Waals surface area contributed by atoms with Gasteiger partial charge in [-0.15, -0.1) is 0 Å². The van der Waals surface area contributed by atoms with E-state index < -0.39 is 12.1 Å². The molecule has 1 amide bonds. The monoisotopic (exact) mass is 353 g/mol. The van der Waals surface area contributed by atoms with Crippen molar-refractivity contribution in [2.45, 2.75) is 39.3 Å². The van der Waals surface area contributed by atoms with Gasteiger partial charge in [0.15, 0.2) is 11.9 Å². The molecule has 2 rings (SSSR count). The predicted octanol–water partition coefficient (Wildman–Crippen LogP) is 3.21. The third-order valence-electron chi connectivity index (χ3n) is 3.92. The number of hydrogen-bond donors (Lipinski definition) is 1. The molecule has 0 aliphatic rings. The Morgan fingerprint density at radius 1 is 0.962 bits per heavy atom. The summed E-state index contributed by atoms with van der Waals surface area (Å²) >= 11 is 0. The second-order valence-corrected chi connectivity index (χ2v) is 6.12. The van der Waals surface area contributed by atoms with Crippen LogP contribution in [-0.2, 0) is 20.9 Å². The van der Waals surface area contributed by atoms with Gasteiger partial charge in [-0.1, -0.05) is 60.2 Å². The first-order valence-corrected chi connectivity index (χ1v) is 8.56. The van der Waals surface area contributed by atoms with Gasteiger partial charge in [-0.25, -0.2) is 0 Å². The fraction of sp³-hybridized carbons (Fsp3) is 0.286. The van der Waals surface area contributed by atoms with Crippen LogP contribution in [0.15, 0.2) is 54.6 Å². The Morgan fingerprint density at radius 3 is 2.27 bits per heavy atom. The largest absolute Gasteiger partial charge is 0.453 e. The van der Waals surface area contributed by atoms with E-state index in [4.69, 9.17) is 4.74 Å². The quantitative estimate of drug-likeness (QED) is 0.584. The summed E-state index contributed by atoms with van der Waals surface area (Å²) in [4.78, 5) is 35.8. The fourth-order valence-corrected chi connectivity index (χ4v) is 2.33. The van der Waals surface area contributed by atoms with Gasteiger partial charge >= 0.3 is 5.97 Å². The standard InChI is InChI=1S/C21H23NO4/c1-15-8-10-17(11-9-15)14-22-21(25)16(2)26-20(24)13-12-19(23)18-6-4-3-5-7-18/h3-11,16H,12-14H2,1-2H3,(H,22,25)/t16-/m0/s1. The average molecular weight is 353 g/mol. The van der Waals surface area contributed by atoms with Gasteiger partial charge in [0.2, 0.25) is 0 Å². The molecule has 0 aliphatic heterocycles. The smallest absolute Gasteiger partial charge is 0.307 e. The van der Waals surface area contributed by atoms with Gasteiger partial charge in [0, 0.05) is 18.5 Å². The highest BCUT2D eigenvalue weighted by Crippen LogP contribution is 2.07. The Bertz CT molecular complexity index is 753. The lowest BCUT2D eigenvalue weighted by molar-refractivity contribution is -0.154. The van der Waals surface area contributed by atoms with E-state index in [-0.39, 0.29) is 24.5 Å². The summed E-state index contributed by atoms with van der Waals surface area (Å²) in [5.74, 6) is -1.06. The number of rotatable bonds is 8. The average Bonchev–Trinajstić information content (AvgIpc) is 2.66. The lowest BCUT2D eigenvalue weighted by Gasteiger charge is -2.13. The van der Waals surface area contributed by atoms with E-state index in [9.17, 15) is 14.4 Å². The maximum absolute atomic E-state index is 12.0. The number of aryl methyl sites for hydroxylation is 1. The molecule has 0 unspecified atom stereocenters. The van der Waals surface area contributed by atoms with Crippen LogP contribution in [0.2, 0.25) is 0 Å². The molecule has 1 N–H and O–H groups in total.